The first kappa shape index (κ1) is 10.8. The van der Waals surface area contributed by atoms with E-state index in [4.69, 9.17) is 0 Å². The maximum absolute atomic E-state index is 12.9. The minimum atomic E-state index is -2.61. The summed E-state index contributed by atoms with van der Waals surface area (Å²) in [5, 5.41) is 0. The average molecular weight is 235 g/mol. The van der Waals surface area contributed by atoms with Gasteiger partial charge in [0, 0.05) is 6.07 Å². The van der Waals surface area contributed by atoms with Crippen LogP contribution in [0.4, 0.5) is 4.39 Å². The molecule has 0 saturated carbocycles. The zero-order valence-corrected chi connectivity index (χ0v) is 9.08. The molecule has 0 unspecified atom stereocenters. The van der Waals surface area contributed by atoms with E-state index in [0.717, 1.165) is 0 Å². The Morgan fingerprint density at radius 3 is 2.50 bits per heavy atom. The fraction of sp³-hybridized carbons (Fsp3) is 0. The lowest BCUT2D eigenvalue weighted by atomic mass is 10.1. The van der Waals surface area contributed by atoms with E-state index in [-0.39, 0.29) is 4.90 Å². The van der Waals surface area contributed by atoms with Crippen molar-refractivity contribution in [2.75, 3.05) is 0 Å². The van der Waals surface area contributed by atoms with Crippen molar-refractivity contribution in [3.05, 3.63) is 54.3 Å². The lowest BCUT2D eigenvalue weighted by Crippen LogP contribution is -1.84. The van der Waals surface area contributed by atoms with Gasteiger partial charge in [-0.15, -0.1) is 0 Å². The molecule has 0 bridgehead atoms. The summed E-state index contributed by atoms with van der Waals surface area (Å²) < 4.78 is 34.6. The molecule has 0 atom stereocenters. The molecule has 0 N–H and O–H groups in total. The van der Waals surface area contributed by atoms with Crippen LogP contribution >= 0.6 is 0 Å². The summed E-state index contributed by atoms with van der Waals surface area (Å²) in [5.41, 5.74) is 1.31. The first-order valence-electron chi connectivity index (χ1n) is 4.59. The normalized spacial score (nSPS) is 10.6. The number of hydrogen-bond donors (Lipinski definition) is 1. The van der Waals surface area contributed by atoms with E-state index >= 15 is 0 Å². The van der Waals surface area contributed by atoms with Gasteiger partial charge in [0.15, 0.2) is 10.7 Å². The van der Waals surface area contributed by atoms with Crippen LogP contribution in [0.25, 0.3) is 11.1 Å². The van der Waals surface area contributed by atoms with Crippen LogP contribution in [0.3, 0.4) is 0 Å². The van der Waals surface area contributed by atoms with Crippen LogP contribution in [-0.2, 0) is 10.7 Å². The molecular formula is C12H8FO2S. The lowest BCUT2D eigenvalue weighted by molar-refractivity contribution is 0.614. The van der Waals surface area contributed by atoms with E-state index < -0.39 is 16.5 Å². The molecule has 2 aromatic carbocycles. The Kier molecular flexibility index (Phi) is 3.01. The highest BCUT2D eigenvalue weighted by atomic mass is 32.2. The number of thiol groups is 1. The molecule has 0 aliphatic rings. The topological polar surface area (TPSA) is 34.1 Å². The van der Waals surface area contributed by atoms with Gasteiger partial charge in [-0.2, -0.15) is 0 Å². The zero-order chi connectivity index (χ0) is 11.5. The molecule has 2 nitrogen and oxygen atoms in total. The predicted octanol–water partition coefficient (Wildman–Crippen LogP) is 2.26. The van der Waals surface area contributed by atoms with Crippen LogP contribution in [0.5, 0.6) is 0 Å². The van der Waals surface area contributed by atoms with Gasteiger partial charge in [0.1, 0.15) is 5.82 Å². The van der Waals surface area contributed by atoms with Gasteiger partial charge in [0.25, 0.3) is 0 Å². The summed E-state index contributed by atoms with van der Waals surface area (Å²) in [5.74, 6) is -0.464. The van der Waals surface area contributed by atoms with E-state index in [2.05, 4.69) is 6.07 Å². The minimum absolute atomic E-state index is 0.223. The van der Waals surface area contributed by atoms with E-state index in [1.165, 1.54) is 24.3 Å². The van der Waals surface area contributed by atoms with E-state index in [0.29, 0.717) is 11.1 Å². The van der Waals surface area contributed by atoms with Gasteiger partial charge in [-0.1, -0.05) is 24.3 Å². The highest BCUT2D eigenvalue weighted by Gasteiger charge is 2.01. The molecule has 81 valence electrons. The number of halogens is 1. The highest BCUT2D eigenvalue weighted by molar-refractivity contribution is 7.72. The summed E-state index contributed by atoms with van der Waals surface area (Å²) in [6, 6.07) is 13.2. The second kappa shape index (κ2) is 4.45. The number of rotatable bonds is 2. The molecule has 0 spiro atoms. The standard InChI is InChI=1S/C12H8FO2S/c13-11-5-1-3-9(7-11)10-4-2-6-12(8-10)16(14)15/h1-4,6-8,16H. The molecule has 4 heteroatoms. The van der Waals surface area contributed by atoms with Gasteiger partial charge in [-0.25, -0.2) is 12.8 Å². The second-order valence-corrected chi connectivity index (χ2v) is 4.26. The van der Waals surface area contributed by atoms with Crippen LogP contribution in [0.1, 0.15) is 0 Å². The Balaban J connectivity index is 2.52. The molecule has 2 aromatic rings. The summed E-state index contributed by atoms with van der Waals surface area (Å²) >= 11 is 0. The number of benzene rings is 2. The molecule has 0 fully saturated rings. The van der Waals surface area contributed by atoms with Crippen LogP contribution < -0.4 is 0 Å². The second-order valence-electron chi connectivity index (χ2n) is 3.23. The monoisotopic (exact) mass is 235 g/mol. The Morgan fingerprint density at radius 2 is 1.81 bits per heavy atom. The van der Waals surface area contributed by atoms with Gasteiger partial charge in [-0.3, -0.25) is 0 Å². The SMILES string of the molecule is O=[SH](=O)c1cccc(-c2cc[c]c(F)c2)c1. The van der Waals surface area contributed by atoms with Crippen molar-refractivity contribution in [2.24, 2.45) is 0 Å². The van der Waals surface area contributed by atoms with Crippen molar-refractivity contribution >= 4 is 10.7 Å². The molecular weight excluding hydrogens is 227 g/mol. The zero-order valence-electron chi connectivity index (χ0n) is 8.18. The molecule has 0 aliphatic heterocycles. The van der Waals surface area contributed by atoms with Crippen molar-refractivity contribution in [3.63, 3.8) is 0 Å². The molecule has 1 radical (unpaired) electrons. The van der Waals surface area contributed by atoms with Crippen molar-refractivity contribution in [2.45, 2.75) is 4.90 Å². The van der Waals surface area contributed by atoms with Crippen molar-refractivity contribution in [1.29, 1.82) is 0 Å². The Bertz CT molecular complexity index is 583. The predicted molar refractivity (Wildman–Crippen MR) is 59.3 cm³/mol. The van der Waals surface area contributed by atoms with E-state index in [9.17, 15) is 12.8 Å². The minimum Gasteiger partial charge on any atom is -0.227 e. The fourth-order valence-electron chi connectivity index (χ4n) is 1.42. The maximum atomic E-state index is 12.9. The van der Waals surface area contributed by atoms with E-state index in [1.54, 1.807) is 18.2 Å². The van der Waals surface area contributed by atoms with Crippen LogP contribution in [0.2, 0.25) is 0 Å². The quantitative estimate of drug-likeness (QED) is 0.810. The average Bonchev–Trinajstić information content (AvgIpc) is 2.29. The maximum Gasteiger partial charge on any atom is 0.168 e. The van der Waals surface area contributed by atoms with Crippen molar-refractivity contribution in [1.82, 2.24) is 0 Å². The van der Waals surface area contributed by atoms with Gasteiger partial charge >= 0.3 is 0 Å². The molecule has 16 heavy (non-hydrogen) atoms. The van der Waals surface area contributed by atoms with Crippen molar-refractivity contribution in [3.8, 4) is 11.1 Å². The molecule has 0 aromatic heterocycles. The molecule has 0 heterocycles. The summed E-state index contributed by atoms with van der Waals surface area (Å²) in [6.45, 7) is 0. The summed E-state index contributed by atoms with van der Waals surface area (Å²) in [4.78, 5) is 0.223. The van der Waals surface area contributed by atoms with Crippen LogP contribution in [-0.4, -0.2) is 8.42 Å². The first-order chi connectivity index (χ1) is 7.66. The van der Waals surface area contributed by atoms with E-state index in [1.807, 2.05) is 0 Å². The van der Waals surface area contributed by atoms with Gasteiger partial charge in [-0.05, 0) is 29.3 Å². The third kappa shape index (κ3) is 2.28. The summed E-state index contributed by atoms with van der Waals surface area (Å²) in [6.07, 6.45) is 0. The Morgan fingerprint density at radius 1 is 1.06 bits per heavy atom. The largest absolute Gasteiger partial charge is 0.227 e. The Hall–Kier alpha value is -1.68. The molecule has 0 amide bonds. The molecule has 0 saturated heterocycles. The van der Waals surface area contributed by atoms with Gasteiger partial charge in [0.05, 0.1) is 4.90 Å². The molecule has 2 rings (SSSR count). The third-order valence-corrected chi connectivity index (χ3v) is 2.86. The van der Waals surface area contributed by atoms with Gasteiger partial charge < -0.3 is 0 Å². The summed E-state index contributed by atoms with van der Waals surface area (Å²) in [7, 11) is -2.61. The van der Waals surface area contributed by atoms with Crippen LogP contribution in [0, 0.1) is 11.9 Å². The van der Waals surface area contributed by atoms with Crippen LogP contribution in [0.15, 0.2) is 47.4 Å². The first-order valence-corrected chi connectivity index (χ1v) is 5.76. The van der Waals surface area contributed by atoms with Gasteiger partial charge in [0.2, 0.25) is 0 Å². The highest BCUT2D eigenvalue weighted by Crippen LogP contribution is 2.21. The Labute approximate surface area is 94.3 Å². The van der Waals surface area contributed by atoms with Crippen molar-refractivity contribution < 1.29 is 12.8 Å². The third-order valence-electron chi connectivity index (χ3n) is 2.16. The lowest BCUT2D eigenvalue weighted by Gasteiger charge is -2.01. The molecule has 0 aliphatic carbocycles. The smallest absolute Gasteiger partial charge is 0.168 e. The number of hydrogen-bond acceptors (Lipinski definition) is 2. The fourth-order valence-corrected chi connectivity index (χ4v) is 1.87.